The number of hydrogen-bond acceptors (Lipinski definition) is 1. The topological polar surface area (TPSA) is 37.3 Å². The van der Waals surface area contributed by atoms with Gasteiger partial charge in [0.15, 0.2) is 0 Å². The van der Waals surface area contributed by atoms with Gasteiger partial charge in [0.1, 0.15) is 0 Å². The lowest BCUT2D eigenvalue weighted by Crippen LogP contribution is -2.03. The standard InChI is InChI=1S/C16H11F3O2/c17-16(18,19)14-9-5-12(6-10-14)2-1-11-3-7-13(8-4-11)15(20)21/h1-10H,(H,20,21). The lowest BCUT2D eigenvalue weighted by molar-refractivity contribution is -0.137. The van der Waals surface area contributed by atoms with E-state index in [2.05, 4.69) is 0 Å². The molecular weight excluding hydrogens is 281 g/mol. The summed E-state index contributed by atoms with van der Waals surface area (Å²) in [5, 5.41) is 8.77. The molecule has 0 saturated heterocycles. The summed E-state index contributed by atoms with van der Waals surface area (Å²) in [5.74, 6) is -1.01. The highest BCUT2D eigenvalue weighted by atomic mass is 19.4. The molecule has 1 N–H and O–H groups in total. The molecule has 0 amide bonds. The average Bonchev–Trinajstić information content (AvgIpc) is 2.45. The smallest absolute Gasteiger partial charge is 0.416 e. The van der Waals surface area contributed by atoms with Crippen LogP contribution in [0.1, 0.15) is 27.0 Å². The Morgan fingerprint density at radius 3 is 1.67 bits per heavy atom. The maximum atomic E-state index is 12.4. The van der Waals surface area contributed by atoms with Crippen molar-refractivity contribution in [3.05, 3.63) is 70.8 Å². The molecule has 2 aromatic rings. The monoisotopic (exact) mass is 292 g/mol. The summed E-state index contributed by atoms with van der Waals surface area (Å²) >= 11 is 0. The highest BCUT2D eigenvalue weighted by Gasteiger charge is 2.29. The molecular formula is C16H11F3O2. The molecule has 5 heteroatoms. The Kier molecular flexibility index (Phi) is 4.12. The van der Waals surface area contributed by atoms with Crippen LogP contribution in [0, 0.1) is 0 Å². The number of rotatable bonds is 3. The van der Waals surface area contributed by atoms with Crippen molar-refractivity contribution in [1.29, 1.82) is 0 Å². The summed E-state index contributed by atoms with van der Waals surface area (Å²) in [7, 11) is 0. The number of benzene rings is 2. The second kappa shape index (κ2) is 5.83. The molecule has 0 bridgehead atoms. The lowest BCUT2D eigenvalue weighted by atomic mass is 10.1. The molecule has 0 atom stereocenters. The number of aromatic carboxylic acids is 1. The summed E-state index contributed by atoms with van der Waals surface area (Å²) < 4.78 is 37.2. The molecule has 0 radical (unpaired) electrons. The first-order valence-corrected chi connectivity index (χ1v) is 6.05. The van der Waals surface area contributed by atoms with Crippen molar-refractivity contribution in [3.8, 4) is 0 Å². The Morgan fingerprint density at radius 2 is 1.29 bits per heavy atom. The summed E-state index contributed by atoms with van der Waals surface area (Å²) in [6.45, 7) is 0. The van der Waals surface area contributed by atoms with Crippen molar-refractivity contribution in [2.75, 3.05) is 0 Å². The van der Waals surface area contributed by atoms with E-state index in [1.807, 2.05) is 0 Å². The fourth-order valence-electron chi connectivity index (χ4n) is 1.71. The highest BCUT2D eigenvalue weighted by Crippen LogP contribution is 2.29. The molecule has 0 aliphatic rings. The maximum Gasteiger partial charge on any atom is 0.416 e. The summed E-state index contributed by atoms with van der Waals surface area (Å²) in [4.78, 5) is 10.7. The Morgan fingerprint density at radius 1 is 0.857 bits per heavy atom. The SMILES string of the molecule is O=C(O)c1ccc(C=Cc2ccc(C(F)(F)F)cc2)cc1. The predicted octanol–water partition coefficient (Wildman–Crippen LogP) is 4.57. The molecule has 108 valence electrons. The van der Waals surface area contributed by atoms with E-state index in [4.69, 9.17) is 5.11 Å². The van der Waals surface area contributed by atoms with Gasteiger partial charge in [0.2, 0.25) is 0 Å². The highest BCUT2D eigenvalue weighted by molar-refractivity contribution is 5.88. The van der Waals surface area contributed by atoms with Crippen LogP contribution in [0.25, 0.3) is 12.2 Å². The fraction of sp³-hybridized carbons (Fsp3) is 0.0625. The Hall–Kier alpha value is -2.56. The molecule has 0 aromatic heterocycles. The molecule has 0 saturated carbocycles. The summed E-state index contributed by atoms with van der Waals surface area (Å²) in [6, 6.07) is 11.0. The molecule has 0 aliphatic heterocycles. The molecule has 21 heavy (non-hydrogen) atoms. The van der Waals surface area contributed by atoms with Gasteiger partial charge in [0.25, 0.3) is 0 Å². The average molecular weight is 292 g/mol. The molecule has 2 rings (SSSR count). The van der Waals surface area contributed by atoms with Crippen molar-refractivity contribution in [2.24, 2.45) is 0 Å². The van der Waals surface area contributed by atoms with E-state index in [1.54, 1.807) is 24.3 Å². The number of carboxylic acid groups (broad SMARTS) is 1. The molecule has 0 fully saturated rings. The minimum absolute atomic E-state index is 0.182. The van der Waals surface area contributed by atoms with Crippen LogP contribution in [-0.4, -0.2) is 11.1 Å². The molecule has 0 spiro atoms. The van der Waals surface area contributed by atoms with Gasteiger partial charge in [-0.15, -0.1) is 0 Å². The zero-order valence-corrected chi connectivity index (χ0v) is 10.8. The molecule has 2 aromatic carbocycles. The molecule has 0 unspecified atom stereocenters. The van der Waals surface area contributed by atoms with Gasteiger partial charge in [-0.3, -0.25) is 0 Å². The van der Waals surface area contributed by atoms with Crippen molar-refractivity contribution in [1.82, 2.24) is 0 Å². The minimum Gasteiger partial charge on any atom is -0.478 e. The zero-order chi connectivity index (χ0) is 15.5. The van der Waals surface area contributed by atoms with E-state index >= 15 is 0 Å². The van der Waals surface area contributed by atoms with Gasteiger partial charge >= 0.3 is 12.1 Å². The van der Waals surface area contributed by atoms with Crippen molar-refractivity contribution < 1.29 is 23.1 Å². The minimum atomic E-state index is -4.34. The largest absolute Gasteiger partial charge is 0.478 e. The van der Waals surface area contributed by atoms with Gasteiger partial charge in [0, 0.05) is 0 Å². The third kappa shape index (κ3) is 3.95. The van der Waals surface area contributed by atoms with E-state index in [9.17, 15) is 18.0 Å². The maximum absolute atomic E-state index is 12.4. The zero-order valence-electron chi connectivity index (χ0n) is 10.8. The van der Waals surface area contributed by atoms with E-state index in [0.717, 1.165) is 17.7 Å². The van der Waals surface area contributed by atoms with Crippen LogP contribution >= 0.6 is 0 Å². The molecule has 2 nitrogen and oxygen atoms in total. The first kappa shape index (κ1) is 14.8. The van der Waals surface area contributed by atoms with Gasteiger partial charge < -0.3 is 5.11 Å². The van der Waals surface area contributed by atoms with Crippen molar-refractivity contribution in [2.45, 2.75) is 6.18 Å². The van der Waals surface area contributed by atoms with Crippen LogP contribution in [0.15, 0.2) is 48.5 Å². The number of carboxylic acids is 1. The third-order valence-electron chi connectivity index (χ3n) is 2.86. The number of alkyl halides is 3. The fourth-order valence-corrected chi connectivity index (χ4v) is 1.71. The lowest BCUT2D eigenvalue weighted by Gasteiger charge is -2.05. The number of hydrogen-bond donors (Lipinski definition) is 1. The van der Waals surface area contributed by atoms with E-state index < -0.39 is 17.7 Å². The number of halogens is 3. The van der Waals surface area contributed by atoms with Crippen LogP contribution in [0.2, 0.25) is 0 Å². The van der Waals surface area contributed by atoms with Crippen molar-refractivity contribution in [3.63, 3.8) is 0 Å². The van der Waals surface area contributed by atoms with E-state index in [0.29, 0.717) is 5.56 Å². The predicted molar refractivity (Wildman–Crippen MR) is 73.8 cm³/mol. The Balaban J connectivity index is 2.12. The van der Waals surface area contributed by atoms with Crippen LogP contribution < -0.4 is 0 Å². The summed E-state index contributed by atoms with van der Waals surface area (Å²) in [6.07, 6.45) is -0.973. The van der Waals surface area contributed by atoms with Crippen LogP contribution in [0.3, 0.4) is 0 Å². The van der Waals surface area contributed by atoms with E-state index in [-0.39, 0.29) is 5.56 Å². The van der Waals surface area contributed by atoms with Gasteiger partial charge in [0.05, 0.1) is 11.1 Å². The third-order valence-corrected chi connectivity index (χ3v) is 2.86. The van der Waals surface area contributed by atoms with Crippen LogP contribution in [0.5, 0.6) is 0 Å². The first-order valence-electron chi connectivity index (χ1n) is 6.05. The van der Waals surface area contributed by atoms with Crippen molar-refractivity contribution >= 4 is 18.1 Å². The normalized spacial score (nSPS) is 11.8. The Labute approximate surface area is 119 Å². The van der Waals surface area contributed by atoms with Crippen LogP contribution in [-0.2, 0) is 6.18 Å². The summed E-state index contributed by atoms with van der Waals surface area (Å²) in [5.41, 5.74) is 0.886. The Bertz CT molecular complexity index is 653. The number of carbonyl (C=O) groups is 1. The second-order valence-electron chi connectivity index (χ2n) is 4.38. The van der Waals surface area contributed by atoms with Gasteiger partial charge in [-0.1, -0.05) is 36.4 Å². The second-order valence-corrected chi connectivity index (χ2v) is 4.38. The van der Waals surface area contributed by atoms with Gasteiger partial charge in [-0.25, -0.2) is 4.79 Å². The molecule has 0 aliphatic carbocycles. The van der Waals surface area contributed by atoms with Gasteiger partial charge in [-0.2, -0.15) is 13.2 Å². The first-order chi connectivity index (χ1) is 9.86. The van der Waals surface area contributed by atoms with Crippen LogP contribution in [0.4, 0.5) is 13.2 Å². The quantitative estimate of drug-likeness (QED) is 0.841. The van der Waals surface area contributed by atoms with E-state index in [1.165, 1.54) is 24.3 Å². The molecule has 0 heterocycles. The van der Waals surface area contributed by atoms with Gasteiger partial charge in [-0.05, 0) is 35.4 Å².